The standard InChI is InChI=1S/C20H24ClNO6S/c1-6-26-14-9-12(8-13(21)17(14)27-7-2)10-15-18(24)22(19(25)29-15)11-16(23)28-20(3,4)5/h8-10H,6-7,11H2,1-5H3. The van der Waals surface area contributed by atoms with Crippen molar-refractivity contribution in [3.63, 3.8) is 0 Å². The average Bonchev–Trinajstić information content (AvgIpc) is 2.84. The van der Waals surface area contributed by atoms with Crippen molar-refractivity contribution in [2.75, 3.05) is 19.8 Å². The molecule has 29 heavy (non-hydrogen) atoms. The number of carbonyl (C=O) groups is 3. The fraction of sp³-hybridized carbons (Fsp3) is 0.450. The largest absolute Gasteiger partial charge is 0.490 e. The molecule has 9 heteroatoms. The highest BCUT2D eigenvalue weighted by atomic mass is 35.5. The van der Waals surface area contributed by atoms with Crippen LogP contribution in [-0.2, 0) is 14.3 Å². The number of hydrogen-bond donors (Lipinski definition) is 0. The Kier molecular flexibility index (Phi) is 7.60. The first-order chi connectivity index (χ1) is 13.6. The number of amides is 2. The summed E-state index contributed by atoms with van der Waals surface area (Å²) in [7, 11) is 0. The lowest BCUT2D eigenvalue weighted by atomic mass is 10.1. The molecule has 1 aromatic carbocycles. The molecular weight excluding hydrogens is 418 g/mol. The van der Waals surface area contributed by atoms with E-state index in [1.54, 1.807) is 32.9 Å². The Morgan fingerprint density at radius 2 is 1.83 bits per heavy atom. The zero-order valence-electron chi connectivity index (χ0n) is 17.0. The molecule has 0 radical (unpaired) electrons. The molecule has 158 valence electrons. The van der Waals surface area contributed by atoms with Crippen molar-refractivity contribution < 1.29 is 28.6 Å². The molecule has 0 unspecified atom stereocenters. The van der Waals surface area contributed by atoms with Crippen LogP contribution >= 0.6 is 23.4 Å². The smallest absolute Gasteiger partial charge is 0.326 e. The third-order valence-electron chi connectivity index (χ3n) is 3.50. The molecule has 1 heterocycles. The highest BCUT2D eigenvalue weighted by molar-refractivity contribution is 8.18. The van der Waals surface area contributed by atoms with E-state index in [1.165, 1.54) is 6.08 Å². The molecule has 0 aromatic heterocycles. The van der Waals surface area contributed by atoms with E-state index < -0.39 is 29.3 Å². The maximum absolute atomic E-state index is 12.6. The number of nitrogens with zero attached hydrogens (tertiary/aromatic N) is 1. The summed E-state index contributed by atoms with van der Waals surface area (Å²) in [6.07, 6.45) is 1.53. The summed E-state index contributed by atoms with van der Waals surface area (Å²) < 4.78 is 16.3. The molecule has 1 aliphatic heterocycles. The van der Waals surface area contributed by atoms with E-state index >= 15 is 0 Å². The van der Waals surface area contributed by atoms with Crippen LogP contribution in [0.4, 0.5) is 4.79 Å². The summed E-state index contributed by atoms with van der Waals surface area (Å²) in [6, 6.07) is 3.30. The number of rotatable bonds is 7. The first kappa shape index (κ1) is 23.1. The first-order valence-electron chi connectivity index (χ1n) is 9.12. The molecule has 1 aromatic rings. The second-order valence-corrected chi connectivity index (χ2v) is 8.45. The zero-order chi connectivity index (χ0) is 21.8. The van der Waals surface area contributed by atoms with Crippen LogP contribution in [0.25, 0.3) is 6.08 Å². The number of hydrogen-bond acceptors (Lipinski definition) is 7. The van der Waals surface area contributed by atoms with E-state index in [9.17, 15) is 14.4 Å². The van der Waals surface area contributed by atoms with Crippen molar-refractivity contribution >= 4 is 46.6 Å². The Balaban J connectivity index is 2.25. The van der Waals surface area contributed by atoms with Gasteiger partial charge < -0.3 is 14.2 Å². The van der Waals surface area contributed by atoms with Crippen LogP contribution in [0.1, 0.15) is 40.2 Å². The number of esters is 1. The minimum absolute atomic E-state index is 0.182. The van der Waals surface area contributed by atoms with Gasteiger partial charge in [0.2, 0.25) is 0 Å². The highest BCUT2D eigenvalue weighted by Crippen LogP contribution is 2.39. The Labute approximate surface area is 179 Å². The molecule has 1 fully saturated rings. The maximum Gasteiger partial charge on any atom is 0.326 e. The molecule has 1 aliphatic rings. The summed E-state index contributed by atoms with van der Waals surface area (Å²) in [5, 5.41) is -0.203. The highest BCUT2D eigenvalue weighted by Gasteiger charge is 2.37. The lowest BCUT2D eigenvalue weighted by Gasteiger charge is -2.21. The summed E-state index contributed by atoms with van der Waals surface area (Å²) in [5.41, 5.74) is -0.131. The molecule has 0 spiro atoms. The number of ether oxygens (including phenoxy) is 3. The molecule has 2 amide bonds. The predicted molar refractivity (Wildman–Crippen MR) is 112 cm³/mol. The average molecular weight is 442 g/mol. The van der Waals surface area contributed by atoms with Gasteiger partial charge in [-0.05, 0) is 70.2 Å². The molecule has 0 atom stereocenters. The van der Waals surface area contributed by atoms with Gasteiger partial charge in [0.25, 0.3) is 11.1 Å². The van der Waals surface area contributed by atoms with Crippen LogP contribution in [0.5, 0.6) is 11.5 Å². The van der Waals surface area contributed by atoms with E-state index in [1.807, 2.05) is 13.8 Å². The Bertz CT molecular complexity index is 846. The fourth-order valence-electron chi connectivity index (χ4n) is 2.51. The van der Waals surface area contributed by atoms with Gasteiger partial charge in [-0.15, -0.1) is 0 Å². The molecular formula is C20H24ClNO6S. The van der Waals surface area contributed by atoms with Crippen LogP contribution < -0.4 is 9.47 Å². The predicted octanol–water partition coefficient (Wildman–Crippen LogP) is 4.52. The van der Waals surface area contributed by atoms with Gasteiger partial charge in [0, 0.05) is 0 Å². The Hall–Kier alpha value is -2.19. The number of carbonyl (C=O) groups excluding carboxylic acids is 3. The van der Waals surface area contributed by atoms with Crippen molar-refractivity contribution in [1.29, 1.82) is 0 Å². The molecule has 0 N–H and O–H groups in total. The number of thioether (sulfide) groups is 1. The van der Waals surface area contributed by atoms with Crippen molar-refractivity contribution in [2.45, 2.75) is 40.2 Å². The van der Waals surface area contributed by atoms with Crippen molar-refractivity contribution in [1.82, 2.24) is 4.90 Å². The molecule has 0 bridgehead atoms. The minimum atomic E-state index is -0.705. The Morgan fingerprint density at radius 1 is 1.17 bits per heavy atom. The topological polar surface area (TPSA) is 82.1 Å². The van der Waals surface area contributed by atoms with E-state index in [4.69, 9.17) is 25.8 Å². The zero-order valence-corrected chi connectivity index (χ0v) is 18.6. The third kappa shape index (κ3) is 6.14. The van der Waals surface area contributed by atoms with E-state index in [0.29, 0.717) is 35.3 Å². The van der Waals surface area contributed by atoms with Crippen molar-refractivity contribution in [3.05, 3.63) is 27.6 Å². The van der Waals surface area contributed by atoms with Crippen molar-refractivity contribution in [3.8, 4) is 11.5 Å². The van der Waals surface area contributed by atoms with E-state index in [-0.39, 0.29) is 4.91 Å². The quantitative estimate of drug-likeness (QED) is 0.454. The molecule has 7 nitrogen and oxygen atoms in total. The van der Waals surface area contributed by atoms with Crippen LogP contribution in [0, 0.1) is 0 Å². The second kappa shape index (κ2) is 9.54. The second-order valence-electron chi connectivity index (χ2n) is 7.05. The first-order valence-corrected chi connectivity index (χ1v) is 10.3. The normalized spacial score (nSPS) is 15.8. The monoisotopic (exact) mass is 441 g/mol. The Morgan fingerprint density at radius 3 is 2.41 bits per heavy atom. The summed E-state index contributed by atoms with van der Waals surface area (Å²) in [6.45, 7) is 9.19. The van der Waals surface area contributed by atoms with Crippen LogP contribution in [-0.4, -0.2) is 47.4 Å². The summed E-state index contributed by atoms with van der Waals surface area (Å²) in [5.74, 6) is -0.343. The minimum Gasteiger partial charge on any atom is -0.490 e. The van der Waals surface area contributed by atoms with Gasteiger partial charge in [-0.1, -0.05) is 11.6 Å². The van der Waals surface area contributed by atoms with Gasteiger partial charge in [-0.25, -0.2) is 0 Å². The summed E-state index contributed by atoms with van der Waals surface area (Å²) >= 11 is 7.05. The summed E-state index contributed by atoms with van der Waals surface area (Å²) in [4.78, 5) is 37.8. The fourth-order valence-corrected chi connectivity index (χ4v) is 3.62. The number of imide groups is 1. The molecule has 1 saturated heterocycles. The molecule has 0 saturated carbocycles. The molecule has 2 rings (SSSR count). The van der Waals surface area contributed by atoms with Gasteiger partial charge in [0.15, 0.2) is 11.5 Å². The SMILES string of the molecule is CCOc1cc(C=C2SC(=O)N(CC(=O)OC(C)(C)C)C2=O)cc(Cl)c1OCC. The molecule has 0 aliphatic carbocycles. The number of benzene rings is 1. The van der Waals surface area contributed by atoms with E-state index in [0.717, 1.165) is 16.7 Å². The van der Waals surface area contributed by atoms with Crippen molar-refractivity contribution in [2.24, 2.45) is 0 Å². The van der Waals surface area contributed by atoms with Gasteiger partial charge >= 0.3 is 5.97 Å². The number of halogens is 1. The third-order valence-corrected chi connectivity index (χ3v) is 4.69. The lowest BCUT2D eigenvalue weighted by Crippen LogP contribution is -2.37. The van der Waals surface area contributed by atoms with Gasteiger partial charge in [-0.2, -0.15) is 0 Å². The maximum atomic E-state index is 12.6. The lowest BCUT2D eigenvalue weighted by molar-refractivity contribution is -0.156. The van der Waals surface area contributed by atoms with Crippen LogP contribution in [0.2, 0.25) is 5.02 Å². The van der Waals surface area contributed by atoms with Gasteiger partial charge in [0.1, 0.15) is 12.1 Å². The van der Waals surface area contributed by atoms with E-state index in [2.05, 4.69) is 0 Å². The van der Waals surface area contributed by atoms with Crippen LogP contribution in [0.15, 0.2) is 17.0 Å². The van der Waals surface area contributed by atoms with Crippen LogP contribution in [0.3, 0.4) is 0 Å². The van der Waals surface area contributed by atoms with Gasteiger partial charge in [0.05, 0.1) is 23.1 Å². The van der Waals surface area contributed by atoms with Gasteiger partial charge in [-0.3, -0.25) is 19.3 Å².